The molecule has 6 nitrogen and oxygen atoms in total. The molecule has 6 aliphatic rings. The summed E-state index contributed by atoms with van der Waals surface area (Å²) in [6.07, 6.45) is 3.97. The first-order valence-corrected chi connectivity index (χ1v) is 16.8. The maximum absolute atomic E-state index is 13.1. The second kappa shape index (κ2) is 9.84. The van der Waals surface area contributed by atoms with Crippen molar-refractivity contribution in [1.29, 1.82) is 0 Å². The molecule has 4 saturated carbocycles. The zero-order valence-corrected chi connectivity index (χ0v) is 27.0. The summed E-state index contributed by atoms with van der Waals surface area (Å²) < 4.78 is 17.3. The van der Waals surface area contributed by atoms with E-state index in [1.165, 1.54) is 0 Å². The molecule has 6 rings (SSSR count). The Morgan fingerprint density at radius 1 is 1.05 bits per heavy atom. The molecular weight excluding hydrogens is 631 g/mol. The number of ether oxygens (including phenoxy) is 3. The van der Waals surface area contributed by atoms with Gasteiger partial charge in [-0.1, -0.05) is 78.4 Å². The van der Waals surface area contributed by atoms with Crippen LogP contribution in [-0.4, -0.2) is 61.6 Å². The Morgan fingerprint density at radius 3 is 2.44 bits per heavy atom. The van der Waals surface area contributed by atoms with E-state index in [1.54, 1.807) is 0 Å². The van der Waals surface area contributed by atoms with E-state index in [0.29, 0.717) is 18.4 Å². The number of fused-ring (bicyclic) bond motifs is 7. The van der Waals surface area contributed by atoms with Crippen molar-refractivity contribution in [2.24, 2.45) is 52.3 Å². The summed E-state index contributed by atoms with van der Waals surface area (Å²) in [5, 5.41) is 22.8. The molecule has 2 N–H and O–H groups in total. The summed E-state index contributed by atoms with van der Waals surface area (Å²) in [4.78, 5) is 13.2. The van der Waals surface area contributed by atoms with Crippen molar-refractivity contribution in [2.75, 3.05) is 6.61 Å². The summed E-state index contributed by atoms with van der Waals surface area (Å²) in [5.74, 6) is -0.598. The summed E-state index contributed by atoms with van der Waals surface area (Å²) in [7, 11) is 0. The fraction of sp³-hybridized carbons (Fsp3) is 0.966. The fourth-order valence-electron chi connectivity index (χ4n) is 10.8. The lowest BCUT2D eigenvalue weighted by atomic mass is 9.42. The van der Waals surface area contributed by atoms with Crippen LogP contribution < -0.4 is 0 Å². The molecule has 1 spiro atoms. The average Bonchev–Trinajstić information content (AvgIpc) is 3.30. The molecule has 6 fully saturated rings. The van der Waals surface area contributed by atoms with E-state index in [1.807, 2.05) is 0 Å². The molecule has 0 aromatic rings. The third-order valence-corrected chi connectivity index (χ3v) is 13.9. The number of aliphatic hydroxyl groups excluding tert-OH is 2. The number of halogens is 4. The molecule has 222 valence electrons. The van der Waals surface area contributed by atoms with Gasteiger partial charge in [-0.05, 0) is 80.0 Å². The Kier molecular flexibility index (Phi) is 7.50. The van der Waals surface area contributed by atoms with Crippen molar-refractivity contribution in [2.45, 2.75) is 111 Å². The van der Waals surface area contributed by atoms with Crippen molar-refractivity contribution in [3.63, 3.8) is 0 Å². The normalized spacial score (nSPS) is 56.9. The highest BCUT2D eigenvalue weighted by Gasteiger charge is 2.75. The fourth-order valence-corrected chi connectivity index (χ4v) is 12.2. The first kappa shape index (κ1) is 29.7. The molecule has 1 unspecified atom stereocenters. The number of esters is 1. The van der Waals surface area contributed by atoms with Crippen LogP contribution in [-0.2, 0) is 19.0 Å². The highest BCUT2D eigenvalue weighted by atomic mass is 79.9. The highest BCUT2D eigenvalue weighted by molar-refractivity contribution is 9.09. The van der Waals surface area contributed by atoms with Crippen LogP contribution in [0.2, 0.25) is 0 Å². The van der Waals surface area contributed by atoms with Crippen LogP contribution in [0.5, 0.6) is 0 Å². The summed E-state index contributed by atoms with van der Waals surface area (Å²) in [5.41, 5.74) is -0.751. The number of hydrogen-bond donors (Lipinski definition) is 2. The van der Waals surface area contributed by atoms with Crippen LogP contribution in [0.3, 0.4) is 0 Å². The van der Waals surface area contributed by atoms with Crippen LogP contribution >= 0.6 is 50.7 Å². The molecule has 0 bridgehead atoms. The number of alkyl halides is 4. The topological polar surface area (TPSA) is 85.2 Å². The summed E-state index contributed by atoms with van der Waals surface area (Å²) in [6, 6.07) is 0. The van der Waals surface area contributed by atoms with Gasteiger partial charge in [-0.3, -0.25) is 0 Å². The van der Waals surface area contributed by atoms with Gasteiger partial charge in [0.2, 0.25) is 0 Å². The van der Waals surface area contributed by atoms with Gasteiger partial charge in [0.15, 0.2) is 5.79 Å². The molecule has 0 radical (unpaired) electrons. The standard InChI is InChI=1S/C29H42BrCl3O6/c1-13-9-20(30)28(37-12-13)14(2)21-19(39-28)11-18-17-6-5-15-10-16(34)7-8-26(15,3)22(17)23(35)24(27(18,21)4)38-25(36)29(31,32)33/h13-24,34-35H,5-12H2,1-4H3/t13-,14+,15+,16+,17+,18+,19+,20?,21+,22-,23-,24+,26+,27+,28+/m1/s1. The predicted octanol–water partition coefficient (Wildman–Crippen LogP) is 6.03. The van der Waals surface area contributed by atoms with Gasteiger partial charge in [0.1, 0.15) is 6.10 Å². The molecule has 0 aromatic carbocycles. The van der Waals surface area contributed by atoms with Crippen LogP contribution in [0.15, 0.2) is 0 Å². The van der Waals surface area contributed by atoms with Crippen LogP contribution in [0, 0.1) is 52.3 Å². The first-order chi connectivity index (χ1) is 18.1. The van der Waals surface area contributed by atoms with Crippen molar-refractivity contribution in [3.8, 4) is 0 Å². The minimum Gasteiger partial charge on any atom is -0.456 e. The molecule has 39 heavy (non-hydrogen) atoms. The summed E-state index contributed by atoms with van der Waals surface area (Å²) in [6.45, 7) is 9.46. The second-order valence-electron chi connectivity index (χ2n) is 14.2. The Labute approximate surface area is 255 Å². The Bertz CT molecular complexity index is 997. The van der Waals surface area contributed by atoms with Gasteiger partial charge in [0.25, 0.3) is 3.79 Å². The number of carbonyl (C=O) groups is 1. The molecule has 2 heterocycles. The molecular formula is C29H42BrCl3O6. The van der Waals surface area contributed by atoms with E-state index >= 15 is 0 Å². The van der Waals surface area contributed by atoms with Crippen molar-refractivity contribution >= 4 is 56.7 Å². The molecule has 2 saturated heterocycles. The van der Waals surface area contributed by atoms with E-state index in [0.717, 1.165) is 44.9 Å². The third-order valence-electron chi connectivity index (χ3n) is 12.4. The van der Waals surface area contributed by atoms with Crippen LogP contribution in [0.1, 0.15) is 72.6 Å². The van der Waals surface area contributed by atoms with Crippen molar-refractivity contribution in [1.82, 2.24) is 0 Å². The van der Waals surface area contributed by atoms with E-state index < -0.39 is 33.2 Å². The van der Waals surface area contributed by atoms with E-state index in [-0.39, 0.29) is 52.0 Å². The van der Waals surface area contributed by atoms with Crippen molar-refractivity contribution in [3.05, 3.63) is 0 Å². The SMILES string of the molecule is C[C@H]1CO[C@@]2(O[C@H]3C[C@H]4[C@@H]5CC[C@H]6C[C@@H](O)CC[C@]6(C)[C@H]5[C@@H](O)[C@H](OC(=O)C(Cl)(Cl)Cl)[C@]4(C)[C@H]3[C@@H]2C)C(Br)C1. The van der Waals surface area contributed by atoms with Gasteiger partial charge in [-0.15, -0.1) is 0 Å². The summed E-state index contributed by atoms with van der Waals surface area (Å²) >= 11 is 22.0. The lowest BCUT2D eigenvalue weighted by molar-refractivity contribution is -0.274. The Balaban J connectivity index is 1.41. The number of hydrogen-bond acceptors (Lipinski definition) is 6. The lowest BCUT2D eigenvalue weighted by Crippen LogP contribution is -2.67. The Hall–Kier alpha value is 0.660. The molecule has 15 atom stereocenters. The maximum atomic E-state index is 13.1. The quantitative estimate of drug-likeness (QED) is 0.262. The van der Waals surface area contributed by atoms with Gasteiger partial charge in [0, 0.05) is 17.3 Å². The zero-order valence-electron chi connectivity index (χ0n) is 23.1. The van der Waals surface area contributed by atoms with E-state index in [2.05, 4.69) is 43.6 Å². The maximum Gasteiger partial charge on any atom is 0.358 e. The molecule has 4 aliphatic carbocycles. The van der Waals surface area contributed by atoms with Gasteiger partial charge in [-0.2, -0.15) is 0 Å². The smallest absolute Gasteiger partial charge is 0.358 e. The zero-order chi connectivity index (χ0) is 28.3. The van der Waals surface area contributed by atoms with E-state index in [4.69, 9.17) is 49.0 Å². The molecule has 0 amide bonds. The monoisotopic (exact) mass is 670 g/mol. The largest absolute Gasteiger partial charge is 0.456 e. The minimum atomic E-state index is -2.24. The lowest BCUT2D eigenvalue weighted by Gasteiger charge is -2.64. The molecule has 10 heteroatoms. The second-order valence-corrected chi connectivity index (χ2v) is 17.6. The van der Waals surface area contributed by atoms with E-state index in [9.17, 15) is 15.0 Å². The van der Waals surface area contributed by atoms with Gasteiger partial charge < -0.3 is 24.4 Å². The highest BCUT2D eigenvalue weighted by Crippen LogP contribution is 2.72. The number of rotatable bonds is 1. The van der Waals surface area contributed by atoms with Gasteiger partial charge in [0.05, 0.1) is 29.7 Å². The average molecular weight is 673 g/mol. The first-order valence-electron chi connectivity index (χ1n) is 14.7. The number of carbonyl (C=O) groups excluding carboxylic acids is 1. The predicted molar refractivity (Wildman–Crippen MR) is 153 cm³/mol. The van der Waals surface area contributed by atoms with Gasteiger partial charge in [-0.25, -0.2) is 4.79 Å². The number of aliphatic hydroxyl groups is 2. The van der Waals surface area contributed by atoms with Gasteiger partial charge >= 0.3 is 5.97 Å². The molecule has 2 aliphatic heterocycles. The third kappa shape index (κ3) is 4.24. The van der Waals surface area contributed by atoms with Crippen LogP contribution in [0.4, 0.5) is 0 Å². The minimum absolute atomic E-state index is 0.00144. The van der Waals surface area contributed by atoms with Crippen LogP contribution in [0.25, 0.3) is 0 Å². The Morgan fingerprint density at radius 2 is 1.77 bits per heavy atom. The van der Waals surface area contributed by atoms with Crippen molar-refractivity contribution < 1.29 is 29.2 Å². The molecule has 0 aromatic heterocycles.